The van der Waals surface area contributed by atoms with E-state index in [1.807, 2.05) is 6.07 Å². The molecule has 2 heterocycles. The maximum Gasteiger partial charge on any atom is 0.243 e. The molecule has 0 radical (unpaired) electrons. The van der Waals surface area contributed by atoms with E-state index in [0.717, 1.165) is 44.5 Å². The number of carbonyl (C=O) groups is 1. The lowest BCUT2D eigenvalue weighted by molar-refractivity contribution is -0.116. The lowest BCUT2D eigenvalue weighted by Gasteiger charge is -2.27. The molecule has 3 aliphatic rings. The van der Waals surface area contributed by atoms with Gasteiger partial charge in [0, 0.05) is 32.6 Å². The van der Waals surface area contributed by atoms with Gasteiger partial charge in [-0.05, 0) is 49.8 Å². The molecule has 0 bridgehead atoms. The zero-order chi connectivity index (χ0) is 20.3. The Morgan fingerprint density at radius 3 is 2.59 bits per heavy atom. The van der Waals surface area contributed by atoms with E-state index in [1.165, 1.54) is 4.31 Å². The van der Waals surface area contributed by atoms with Crippen molar-refractivity contribution in [3.05, 3.63) is 30.4 Å². The van der Waals surface area contributed by atoms with Crippen molar-refractivity contribution >= 4 is 27.3 Å². The summed E-state index contributed by atoms with van der Waals surface area (Å²) in [5.41, 5.74) is 1.49. The highest BCUT2D eigenvalue weighted by Crippen LogP contribution is 2.33. The lowest BCUT2D eigenvalue weighted by atomic mass is 10.0. The Morgan fingerprint density at radius 2 is 1.90 bits per heavy atom. The minimum atomic E-state index is -3.61. The van der Waals surface area contributed by atoms with Crippen LogP contribution in [0.4, 0.5) is 11.4 Å². The van der Waals surface area contributed by atoms with Gasteiger partial charge in [0.15, 0.2) is 0 Å². The quantitative estimate of drug-likeness (QED) is 0.717. The highest BCUT2D eigenvalue weighted by molar-refractivity contribution is 7.89. The Hall–Kier alpha value is -1.90. The highest BCUT2D eigenvalue weighted by atomic mass is 32.2. The molecule has 1 atom stereocenters. The number of hydrogen-bond acceptors (Lipinski definition) is 5. The molecule has 0 saturated carbocycles. The third kappa shape index (κ3) is 4.65. The molecule has 0 spiro atoms. The second-order valence-electron chi connectivity index (χ2n) is 7.91. The van der Waals surface area contributed by atoms with Crippen molar-refractivity contribution in [1.82, 2.24) is 4.31 Å². The van der Waals surface area contributed by atoms with Crippen LogP contribution in [0.5, 0.6) is 0 Å². The monoisotopic (exact) mass is 419 g/mol. The van der Waals surface area contributed by atoms with Crippen LogP contribution in [0.3, 0.4) is 0 Å². The van der Waals surface area contributed by atoms with Crippen molar-refractivity contribution in [3.8, 4) is 0 Å². The molecule has 2 fully saturated rings. The van der Waals surface area contributed by atoms with Crippen LogP contribution in [-0.2, 0) is 19.6 Å². The third-order valence-electron chi connectivity index (χ3n) is 5.86. The zero-order valence-corrected chi connectivity index (χ0v) is 17.5. The smallest absolute Gasteiger partial charge is 0.243 e. The standard InChI is InChI=1S/C21H29N3O4S/c25-21(15-17-5-1-2-6-17)22-19-16-18(7-8-20(19)23-9-3-4-10-23)29(26,27)24-11-13-28-14-12-24/h1,5,7-8,16-17H,2-4,6,9-15H2,(H,22,25). The fourth-order valence-corrected chi connectivity index (χ4v) is 5.68. The van der Waals surface area contributed by atoms with E-state index in [1.54, 1.807) is 12.1 Å². The van der Waals surface area contributed by atoms with Gasteiger partial charge < -0.3 is 15.0 Å². The van der Waals surface area contributed by atoms with E-state index >= 15 is 0 Å². The summed E-state index contributed by atoms with van der Waals surface area (Å²) >= 11 is 0. The van der Waals surface area contributed by atoms with Gasteiger partial charge in [0.2, 0.25) is 15.9 Å². The predicted molar refractivity (Wildman–Crippen MR) is 113 cm³/mol. The molecular weight excluding hydrogens is 390 g/mol. The van der Waals surface area contributed by atoms with Gasteiger partial charge in [0.05, 0.1) is 29.5 Å². The molecule has 7 nitrogen and oxygen atoms in total. The van der Waals surface area contributed by atoms with Crippen LogP contribution in [0.1, 0.15) is 32.1 Å². The molecule has 8 heteroatoms. The molecule has 1 aliphatic carbocycles. The number of carbonyl (C=O) groups excluding carboxylic acids is 1. The minimum absolute atomic E-state index is 0.0667. The van der Waals surface area contributed by atoms with Crippen LogP contribution in [0.15, 0.2) is 35.2 Å². The number of nitrogens with zero attached hydrogens (tertiary/aromatic N) is 2. The topological polar surface area (TPSA) is 79.0 Å². The molecular formula is C21H29N3O4S. The van der Waals surface area contributed by atoms with Crippen LogP contribution in [0, 0.1) is 5.92 Å². The van der Waals surface area contributed by atoms with Gasteiger partial charge in [-0.25, -0.2) is 8.42 Å². The Morgan fingerprint density at radius 1 is 1.14 bits per heavy atom. The van der Waals surface area contributed by atoms with Crippen LogP contribution < -0.4 is 10.2 Å². The summed E-state index contributed by atoms with van der Waals surface area (Å²) in [7, 11) is -3.61. The number of morpholine rings is 1. The fourth-order valence-electron chi connectivity index (χ4n) is 4.25. The van der Waals surface area contributed by atoms with Crippen molar-refractivity contribution in [1.29, 1.82) is 0 Å². The first kappa shape index (κ1) is 20.4. The second kappa shape index (κ2) is 8.85. The number of allylic oxidation sites excluding steroid dienone is 2. The number of benzene rings is 1. The van der Waals surface area contributed by atoms with Crippen LogP contribution in [0.25, 0.3) is 0 Å². The maximum atomic E-state index is 13.1. The Kier molecular flexibility index (Phi) is 6.22. The Balaban J connectivity index is 1.59. The Labute approximate surface area is 172 Å². The average Bonchev–Trinajstić information content (AvgIpc) is 3.43. The van der Waals surface area contributed by atoms with Crippen molar-refractivity contribution < 1.29 is 17.9 Å². The summed E-state index contributed by atoms with van der Waals surface area (Å²) in [5, 5.41) is 3.01. The summed E-state index contributed by atoms with van der Waals surface area (Å²) < 4.78 is 32.9. The summed E-state index contributed by atoms with van der Waals surface area (Å²) in [6.07, 6.45) is 8.87. The minimum Gasteiger partial charge on any atom is -0.379 e. The SMILES string of the molecule is O=C(CC1C=CCC1)Nc1cc(S(=O)(=O)N2CCOCC2)ccc1N1CCCC1. The summed E-state index contributed by atoms with van der Waals surface area (Å²) in [5.74, 6) is 0.202. The molecule has 1 unspecified atom stereocenters. The van der Waals surface area contributed by atoms with E-state index in [2.05, 4.69) is 22.4 Å². The molecule has 1 N–H and O–H groups in total. The van der Waals surface area contributed by atoms with Gasteiger partial charge in [0.1, 0.15) is 0 Å². The number of anilines is 2. The number of ether oxygens (including phenoxy) is 1. The number of hydrogen-bond donors (Lipinski definition) is 1. The van der Waals surface area contributed by atoms with Gasteiger partial charge in [-0.15, -0.1) is 0 Å². The molecule has 29 heavy (non-hydrogen) atoms. The van der Waals surface area contributed by atoms with Gasteiger partial charge >= 0.3 is 0 Å². The predicted octanol–water partition coefficient (Wildman–Crippen LogP) is 2.60. The number of sulfonamides is 1. The second-order valence-corrected chi connectivity index (χ2v) is 9.85. The molecule has 2 saturated heterocycles. The summed E-state index contributed by atoms with van der Waals surface area (Å²) in [6.45, 7) is 3.36. The first-order valence-corrected chi connectivity index (χ1v) is 11.9. The number of rotatable bonds is 6. The molecule has 158 valence electrons. The first-order chi connectivity index (χ1) is 14.0. The van der Waals surface area contributed by atoms with E-state index in [4.69, 9.17) is 4.74 Å². The molecule has 2 aliphatic heterocycles. The van der Waals surface area contributed by atoms with Crippen molar-refractivity contribution in [2.45, 2.75) is 37.0 Å². The first-order valence-electron chi connectivity index (χ1n) is 10.5. The summed E-state index contributed by atoms with van der Waals surface area (Å²) in [4.78, 5) is 15.1. The number of amides is 1. The van der Waals surface area contributed by atoms with Gasteiger partial charge in [0.25, 0.3) is 0 Å². The number of nitrogens with one attached hydrogen (secondary N) is 1. The van der Waals surface area contributed by atoms with Crippen LogP contribution >= 0.6 is 0 Å². The fraction of sp³-hybridized carbons (Fsp3) is 0.571. The Bertz CT molecular complexity index is 872. The van der Waals surface area contributed by atoms with Crippen LogP contribution in [-0.4, -0.2) is 58.0 Å². The molecule has 1 aromatic rings. The van der Waals surface area contributed by atoms with E-state index in [-0.39, 0.29) is 16.7 Å². The molecule has 1 amide bonds. The van der Waals surface area contributed by atoms with E-state index in [9.17, 15) is 13.2 Å². The summed E-state index contributed by atoms with van der Waals surface area (Å²) in [6, 6.07) is 5.12. The normalized spacial score (nSPS) is 22.9. The third-order valence-corrected chi connectivity index (χ3v) is 7.75. The molecule has 0 aromatic heterocycles. The van der Waals surface area contributed by atoms with Crippen LogP contribution in [0.2, 0.25) is 0 Å². The van der Waals surface area contributed by atoms with E-state index < -0.39 is 10.0 Å². The van der Waals surface area contributed by atoms with Gasteiger partial charge in [-0.1, -0.05) is 12.2 Å². The maximum absolute atomic E-state index is 13.1. The molecule has 1 aromatic carbocycles. The van der Waals surface area contributed by atoms with Gasteiger partial charge in [-0.2, -0.15) is 4.31 Å². The van der Waals surface area contributed by atoms with Crippen molar-refractivity contribution in [3.63, 3.8) is 0 Å². The zero-order valence-electron chi connectivity index (χ0n) is 16.7. The molecule has 4 rings (SSSR count). The van der Waals surface area contributed by atoms with Crippen molar-refractivity contribution in [2.24, 2.45) is 5.92 Å². The van der Waals surface area contributed by atoms with E-state index in [0.29, 0.717) is 38.4 Å². The van der Waals surface area contributed by atoms with Gasteiger partial charge in [-0.3, -0.25) is 4.79 Å². The lowest BCUT2D eigenvalue weighted by Crippen LogP contribution is -2.40. The highest BCUT2D eigenvalue weighted by Gasteiger charge is 2.28. The largest absolute Gasteiger partial charge is 0.379 e. The average molecular weight is 420 g/mol. The van der Waals surface area contributed by atoms with Crippen molar-refractivity contribution in [2.75, 3.05) is 49.6 Å².